The van der Waals surface area contributed by atoms with Gasteiger partial charge in [0.05, 0.1) is 0 Å². The molecule has 0 aromatic heterocycles. The maximum absolute atomic E-state index is 10.6. The number of carboxylic acids is 2. The Morgan fingerprint density at radius 2 is 1.27 bits per heavy atom. The van der Waals surface area contributed by atoms with Gasteiger partial charge in [-0.15, -0.1) is 0 Å². The number of carbonyl (C=O) groups is 2. The van der Waals surface area contributed by atoms with Gasteiger partial charge in [0.15, 0.2) is 0 Å². The number of aliphatic hydroxyl groups is 2. The van der Waals surface area contributed by atoms with Gasteiger partial charge in [0.2, 0.25) is 0 Å². The normalized spacial score (nSPS) is 14.5. The van der Waals surface area contributed by atoms with Crippen molar-refractivity contribution in [1.82, 2.24) is 5.32 Å². The van der Waals surface area contributed by atoms with Crippen molar-refractivity contribution in [2.45, 2.75) is 24.9 Å². The summed E-state index contributed by atoms with van der Waals surface area (Å²) < 4.78 is 0. The summed E-state index contributed by atoms with van der Waals surface area (Å²) in [6.45, 7) is -0.704. The van der Waals surface area contributed by atoms with Crippen LogP contribution in [0.4, 0.5) is 0 Å². The lowest BCUT2D eigenvalue weighted by Crippen LogP contribution is -2.47. The quantitative estimate of drug-likeness (QED) is 0.329. The Morgan fingerprint density at radius 3 is 1.47 bits per heavy atom. The summed E-state index contributed by atoms with van der Waals surface area (Å²) in [7, 11) is 0. The van der Waals surface area contributed by atoms with Crippen LogP contribution in [0.3, 0.4) is 0 Å². The van der Waals surface area contributed by atoms with Gasteiger partial charge >= 0.3 is 11.9 Å². The molecule has 2 atom stereocenters. The van der Waals surface area contributed by atoms with E-state index in [-0.39, 0.29) is 26.1 Å². The van der Waals surface area contributed by atoms with Crippen molar-refractivity contribution in [1.29, 1.82) is 0 Å². The minimum Gasteiger partial charge on any atom is -0.480 e. The van der Waals surface area contributed by atoms with E-state index in [9.17, 15) is 9.59 Å². The highest BCUT2D eigenvalue weighted by Gasteiger charge is 2.24. The third-order valence-electron chi connectivity index (χ3n) is 1.83. The topological polar surface area (TPSA) is 127 Å². The van der Waals surface area contributed by atoms with Crippen molar-refractivity contribution < 1.29 is 30.0 Å². The molecule has 0 bridgehead atoms. The summed E-state index contributed by atoms with van der Waals surface area (Å²) in [6.07, 6.45) is -0.158. The summed E-state index contributed by atoms with van der Waals surface area (Å²) in [6, 6.07) is -2.25. The van der Waals surface area contributed by atoms with Crippen molar-refractivity contribution >= 4 is 11.9 Å². The fraction of sp³-hybridized carbons (Fsp3) is 0.750. The first kappa shape index (κ1) is 13.8. The van der Waals surface area contributed by atoms with Crippen molar-refractivity contribution in [3.63, 3.8) is 0 Å². The molecule has 0 aliphatic heterocycles. The molecule has 0 rings (SSSR count). The fourth-order valence-corrected chi connectivity index (χ4v) is 1.06. The lowest BCUT2D eigenvalue weighted by Gasteiger charge is -2.18. The molecule has 0 spiro atoms. The third kappa shape index (κ3) is 5.31. The molecular weight excluding hydrogens is 206 g/mol. The number of aliphatic carboxylic acids is 2. The zero-order chi connectivity index (χ0) is 11.8. The third-order valence-corrected chi connectivity index (χ3v) is 1.83. The monoisotopic (exact) mass is 221 g/mol. The zero-order valence-electron chi connectivity index (χ0n) is 8.09. The Morgan fingerprint density at radius 1 is 0.933 bits per heavy atom. The lowest BCUT2D eigenvalue weighted by atomic mass is 10.1. The Labute approximate surface area is 86.3 Å². The maximum Gasteiger partial charge on any atom is 0.320 e. The molecule has 5 N–H and O–H groups in total. The maximum atomic E-state index is 10.6. The highest BCUT2D eigenvalue weighted by molar-refractivity contribution is 5.77. The van der Waals surface area contributed by atoms with Crippen LogP contribution in [0.2, 0.25) is 0 Å². The lowest BCUT2D eigenvalue weighted by molar-refractivity contribution is -0.143. The molecule has 0 radical (unpaired) electrons. The summed E-state index contributed by atoms with van der Waals surface area (Å²) in [4.78, 5) is 21.2. The van der Waals surface area contributed by atoms with Gasteiger partial charge in [-0.3, -0.25) is 14.9 Å². The number of carboxylic acid groups (broad SMARTS) is 2. The molecular formula is C8H15NO6. The Hall–Kier alpha value is -1.18. The second-order valence-corrected chi connectivity index (χ2v) is 2.97. The van der Waals surface area contributed by atoms with Gasteiger partial charge in [-0.25, -0.2) is 0 Å². The first-order chi connectivity index (χ1) is 7.02. The van der Waals surface area contributed by atoms with Crippen LogP contribution in [0.5, 0.6) is 0 Å². The number of hydrogen-bond acceptors (Lipinski definition) is 5. The summed E-state index contributed by atoms with van der Waals surface area (Å²) in [5.41, 5.74) is 0. The molecule has 0 aromatic carbocycles. The summed E-state index contributed by atoms with van der Waals surface area (Å²) in [5, 5.41) is 36.8. The Bertz CT molecular complexity index is 197. The standard InChI is InChI=1S/C8H15NO6/c10-3-1-5(7(12)13)9-6(2-4-11)8(14)15/h5-6,9-11H,1-4H2,(H,12,13)(H,14,15). The smallest absolute Gasteiger partial charge is 0.320 e. The molecule has 0 aliphatic carbocycles. The van der Waals surface area contributed by atoms with Crippen LogP contribution < -0.4 is 5.32 Å². The first-order valence-corrected chi connectivity index (χ1v) is 4.46. The Kier molecular flexibility index (Phi) is 6.59. The predicted molar refractivity (Wildman–Crippen MR) is 49.4 cm³/mol. The van der Waals surface area contributed by atoms with Crippen LogP contribution in [-0.2, 0) is 9.59 Å². The van der Waals surface area contributed by atoms with E-state index in [1.54, 1.807) is 0 Å². The molecule has 88 valence electrons. The van der Waals surface area contributed by atoms with E-state index < -0.39 is 24.0 Å². The van der Waals surface area contributed by atoms with E-state index in [0.29, 0.717) is 0 Å². The second-order valence-electron chi connectivity index (χ2n) is 2.97. The van der Waals surface area contributed by atoms with Gasteiger partial charge in [0, 0.05) is 13.2 Å². The molecule has 0 aliphatic rings. The van der Waals surface area contributed by atoms with Crippen LogP contribution in [0, 0.1) is 0 Å². The van der Waals surface area contributed by atoms with Crippen LogP contribution in [0.15, 0.2) is 0 Å². The zero-order valence-corrected chi connectivity index (χ0v) is 8.09. The largest absolute Gasteiger partial charge is 0.480 e. The van der Waals surface area contributed by atoms with Crippen molar-refractivity contribution in [3.8, 4) is 0 Å². The second kappa shape index (κ2) is 7.16. The van der Waals surface area contributed by atoms with E-state index in [2.05, 4.69) is 5.32 Å². The summed E-state index contributed by atoms with van der Waals surface area (Å²) in [5.74, 6) is -2.46. The van der Waals surface area contributed by atoms with Crippen LogP contribution in [0.1, 0.15) is 12.8 Å². The SMILES string of the molecule is O=C(O)C(CCO)NC(CCO)C(=O)O. The van der Waals surface area contributed by atoms with E-state index in [4.69, 9.17) is 20.4 Å². The molecule has 7 heteroatoms. The summed E-state index contributed by atoms with van der Waals surface area (Å²) >= 11 is 0. The van der Waals surface area contributed by atoms with Crippen molar-refractivity contribution in [3.05, 3.63) is 0 Å². The number of hydrogen-bond donors (Lipinski definition) is 5. The molecule has 2 unspecified atom stereocenters. The molecule has 0 amide bonds. The van der Waals surface area contributed by atoms with Crippen molar-refractivity contribution in [2.24, 2.45) is 0 Å². The van der Waals surface area contributed by atoms with Crippen molar-refractivity contribution in [2.75, 3.05) is 13.2 Å². The average molecular weight is 221 g/mol. The van der Waals surface area contributed by atoms with E-state index in [1.165, 1.54) is 0 Å². The molecule has 7 nitrogen and oxygen atoms in total. The van der Waals surface area contributed by atoms with Crippen LogP contribution >= 0.6 is 0 Å². The van der Waals surface area contributed by atoms with Gasteiger partial charge in [0.25, 0.3) is 0 Å². The van der Waals surface area contributed by atoms with Crippen LogP contribution in [-0.4, -0.2) is 57.7 Å². The highest BCUT2D eigenvalue weighted by Crippen LogP contribution is 1.98. The van der Waals surface area contributed by atoms with Gasteiger partial charge < -0.3 is 20.4 Å². The fourth-order valence-electron chi connectivity index (χ4n) is 1.06. The van der Waals surface area contributed by atoms with E-state index in [1.807, 2.05) is 0 Å². The van der Waals surface area contributed by atoms with Gasteiger partial charge in [0.1, 0.15) is 12.1 Å². The molecule has 0 aromatic rings. The molecule has 0 saturated carbocycles. The number of aliphatic hydroxyl groups excluding tert-OH is 2. The molecule has 0 saturated heterocycles. The Balaban J connectivity index is 4.32. The number of nitrogens with one attached hydrogen (secondary N) is 1. The highest BCUT2D eigenvalue weighted by atomic mass is 16.4. The van der Waals surface area contributed by atoms with E-state index in [0.717, 1.165) is 0 Å². The van der Waals surface area contributed by atoms with Gasteiger partial charge in [-0.2, -0.15) is 0 Å². The van der Waals surface area contributed by atoms with Crippen LogP contribution in [0.25, 0.3) is 0 Å². The average Bonchev–Trinajstić information content (AvgIpc) is 2.15. The minimum atomic E-state index is -1.23. The molecule has 0 heterocycles. The number of rotatable bonds is 8. The first-order valence-electron chi connectivity index (χ1n) is 4.46. The minimum absolute atomic E-state index is 0.0788. The molecule has 15 heavy (non-hydrogen) atoms. The van der Waals surface area contributed by atoms with E-state index >= 15 is 0 Å². The van der Waals surface area contributed by atoms with Gasteiger partial charge in [-0.1, -0.05) is 0 Å². The molecule has 0 fully saturated rings. The van der Waals surface area contributed by atoms with Gasteiger partial charge in [-0.05, 0) is 12.8 Å². The predicted octanol–water partition coefficient (Wildman–Crippen LogP) is -1.75.